The molecule has 0 spiro atoms. The summed E-state index contributed by atoms with van der Waals surface area (Å²) in [5, 5.41) is 7.12. The molecule has 0 aliphatic carbocycles. The molecule has 2 aromatic carbocycles. The smallest absolute Gasteiger partial charge is 0.490 e. The number of hydrogen-bond acceptors (Lipinski definition) is 6. The minimum atomic E-state index is -5.08. The molecule has 8 nitrogen and oxygen atoms in total. The molecule has 0 saturated carbocycles. The van der Waals surface area contributed by atoms with E-state index in [1.54, 1.807) is 18.2 Å². The molecular weight excluding hydrogens is 549 g/mol. The number of carboxylic acids is 1. The van der Waals surface area contributed by atoms with Gasteiger partial charge in [-0.3, -0.25) is 4.31 Å². The van der Waals surface area contributed by atoms with Crippen LogP contribution >= 0.6 is 0 Å². The lowest BCUT2D eigenvalue weighted by Gasteiger charge is -2.37. The summed E-state index contributed by atoms with van der Waals surface area (Å²) < 4.78 is 72.5. The Kier molecular flexibility index (Phi) is 10.5. The Balaban J connectivity index is 0.000000559. The molecule has 2 heterocycles. The molecule has 2 atom stereocenters. The third-order valence-corrected chi connectivity index (χ3v) is 8.72. The zero-order valence-corrected chi connectivity index (χ0v) is 23.7. The molecule has 0 radical (unpaired) electrons. The van der Waals surface area contributed by atoms with Crippen LogP contribution in [-0.2, 0) is 26.0 Å². The van der Waals surface area contributed by atoms with Gasteiger partial charge in [0, 0.05) is 43.7 Å². The van der Waals surface area contributed by atoms with Crippen molar-refractivity contribution in [1.82, 2.24) is 0 Å². The molecule has 2 aliphatic heterocycles. The fraction of sp³-hybridized carbons (Fsp3) is 0.536. The molecule has 222 valence electrons. The van der Waals surface area contributed by atoms with Gasteiger partial charge in [0.15, 0.2) is 0 Å². The summed E-state index contributed by atoms with van der Waals surface area (Å²) in [6.07, 6.45) is -1.49. The Labute approximate surface area is 233 Å². The van der Waals surface area contributed by atoms with E-state index in [0.29, 0.717) is 30.3 Å². The first-order valence-corrected chi connectivity index (χ1v) is 14.7. The fourth-order valence-corrected chi connectivity index (χ4v) is 6.41. The van der Waals surface area contributed by atoms with Crippen molar-refractivity contribution in [1.29, 1.82) is 0 Å². The number of nitrogens with two attached hydrogens (primary N) is 1. The monoisotopic (exact) mass is 586 g/mol. The lowest BCUT2D eigenvalue weighted by atomic mass is 9.86. The maximum absolute atomic E-state index is 13.8. The predicted octanol–water partition coefficient (Wildman–Crippen LogP) is 5.31. The van der Waals surface area contributed by atoms with Crippen LogP contribution in [0.15, 0.2) is 47.4 Å². The molecule has 12 heteroatoms. The normalized spacial score (nSPS) is 19.7. The molecular formula is C28H37F3N2O6S. The second-order valence-electron chi connectivity index (χ2n) is 10.4. The van der Waals surface area contributed by atoms with Crippen LogP contribution in [0, 0.1) is 11.8 Å². The number of alkyl halides is 3. The lowest BCUT2D eigenvalue weighted by Crippen LogP contribution is -2.38. The molecule has 40 heavy (non-hydrogen) atoms. The quantitative estimate of drug-likeness (QED) is 0.451. The summed E-state index contributed by atoms with van der Waals surface area (Å²) in [6.45, 7) is 8.05. The third kappa shape index (κ3) is 7.88. The van der Waals surface area contributed by atoms with Gasteiger partial charge in [-0.2, -0.15) is 13.2 Å². The van der Waals surface area contributed by atoms with Crippen LogP contribution in [0.2, 0.25) is 0 Å². The van der Waals surface area contributed by atoms with E-state index in [9.17, 15) is 21.6 Å². The summed E-state index contributed by atoms with van der Waals surface area (Å²) in [4.78, 5) is 9.15. The van der Waals surface area contributed by atoms with Crippen molar-refractivity contribution in [3.63, 3.8) is 0 Å². The molecule has 2 aliphatic rings. The first kappa shape index (κ1) is 31.7. The Morgan fingerprint density at radius 1 is 1.12 bits per heavy atom. The van der Waals surface area contributed by atoms with Gasteiger partial charge >= 0.3 is 12.1 Å². The van der Waals surface area contributed by atoms with Crippen LogP contribution in [0.3, 0.4) is 0 Å². The van der Waals surface area contributed by atoms with Gasteiger partial charge in [0.05, 0.1) is 10.6 Å². The summed E-state index contributed by atoms with van der Waals surface area (Å²) >= 11 is 0. The summed E-state index contributed by atoms with van der Waals surface area (Å²) in [6, 6.07) is 12.7. The van der Waals surface area contributed by atoms with E-state index in [0.717, 1.165) is 38.0 Å². The fourth-order valence-electron chi connectivity index (χ4n) is 4.75. The van der Waals surface area contributed by atoms with Crippen molar-refractivity contribution in [2.24, 2.45) is 17.6 Å². The van der Waals surface area contributed by atoms with Crippen LogP contribution in [0.4, 0.5) is 18.9 Å². The number of nitrogens with zero attached hydrogens (tertiary/aromatic N) is 1. The van der Waals surface area contributed by atoms with Crippen molar-refractivity contribution in [3.05, 3.63) is 53.6 Å². The predicted molar refractivity (Wildman–Crippen MR) is 145 cm³/mol. The van der Waals surface area contributed by atoms with Gasteiger partial charge in [0.1, 0.15) is 11.9 Å². The molecule has 2 aromatic rings. The maximum Gasteiger partial charge on any atom is 0.490 e. The first-order valence-electron chi connectivity index (χ1n) is 13.3. The molecule has 0 amide bonds. The average molecular weight is 587 g/mol. The van der Waals surface area contributed by atoms with Gasteiger partial charge < -0.3 is 20.3 Å². The maximum atomic E-state index is 13.8. The third-order valence-electron chi connectivity index (χ3n) is 6.93. The number of halogens is 3. The highest BCUT2D eigenvalue weighted by atomic mass is 32.2. The van der Waals surface area contributed by atoms with Gasteiger partial charge in [0.2, 0.25) is 0 Å². The Bertz CT molecular complexity index is 1250. The van der Waals surface area contributed by atoms with E-state index >= 15 is 0 Å². The van der Waals surface area contributed by atoms with E-state index in [-0.39, 0.29) is 23.0 Å². The standard InChI is InChI=1S/C26H36N2O4S.C2HF3O2/c1-4-19-5-7-21(8-6-19)28(17-18(2)3)33(29,30)22-9-10-25-23(15-22)24(27)16-26(32-25)20-11-13-31-14-12-20;3-2(4,5)1(6)7/h5-10,15,18,20,24,26H,4,11-14,16-17,27H2,1-3H3;(H,6,7). The van der Waals surface area contributed by atoms with E-state index in [1.807, 2.05) is 38.1 Å². The van der Waals surface area contributed by atoms with Crippen LogP contribution in [0.25, 0.3) is 0 Å². The number of ether oxygens (including phenoxy) is 2. The highest BCUT2D eigenvalue weighted by Crippen LogP contribution is 2.39. The number of aryl methyl sites for hydroxylation is 1. The van der Waals surface area contributed by atoms with Gasteiger partial charge in [-0.1, -0.05) is 32.9 Å². The zero-order chi connectivity index (χ0) is 29.7. The van der Waals surface area contributed by atoms with E-state index in [2.05, 4.69) is 6.92 Å². The Morgan fingerprint density at radius 2 is 1.73 bits per heavy atom. The van der Waals surface area contributed by atoms with E-state index in [1.165, 1.54) is 9.87 Å². The second kappa shape index (κ2) is 13.2. The molecule has 1 fully saturated rings. The lowest BCUT2D eigenvalue weighted by molar-refractivity contribution is -0.192. The molecule has 4 rings (SSSR count). The van der Waals surface area contributed by atoms with Crippen LogP contribution in [0.1, 0.15) is 57.2 Å². The molecule has 1 saturated heterocycles. The topological polar surface area (TPSA) is 119 Å². The summed E-state index contributed by atoms with van der Waals surface area (Å²) in [7, 11) is -3.75. The highest BCUT2D eigenvalue weighted by Gasteiger charge is 2.38. The van der Waals surface area contributed by atoms with Crippen molar-refractivity contribution in [3.8, 4) is 5.75 Å². The Morgan fingerprint density at radius 3 is 2.25 bits per heavy atom. The van der Waals surface area contributed by atoms with Crippen LogP contribution in [0.5, 0.6) is 5.75 Å². The number of fused-ring (bicyclic) bond motifs is 1. The average Bonchev–Trinajstić information content (AvgIpc) is 2.91. The first-order chi connectivity index (χ1) is 18.7. The molecule has 3 N–H and O–H groups in total. The molecule has 0 aromatic heterocycles. The highest BCUT2D eigenvalue weighted by molar-refractivity contribution is 7.92. The minimum absolute atomic E-state index is 0.0494. The van der Waals surface area contributed by atoms with Crippen molar-refractivity contribution in [2.75, 3.05) is 24.1 Å². The van der Waals surface area contributed by atoms with Gasteiger partial charge in [-0.25, -0.2) is 13.2 Å². The summed E-state index contributed by atoms with van der Waals surface area (Å²) in [5.41, 5.74) is 9.16. The molecule has 2 unspecified atom stereocenters. The second-order valence-corrected chi connectivity index (χ2v) is 12.3. The minimum Gasteiger partial charge on any atom is -0.490 e. The number of aliphatic carboxylic acids is 1. The number of carboxylic acid groups (broad SMARTS) is 1. The van der Waals surface area contributed by atoms with Crippen molar-refractivity contribution < 1.29 is 41.0 Å². The zero-order valence-electron chi connectivity index (χ0n) is 22.9. The molecule has 0 bridgehead atoms. The van der Waals surface area contributed by atoms with E-state index in [4.69, 9.17) is 25.1 Å². The number of rotatable bonds is 7. The number of anilines is 1. The summed E-state index contributed by atoms with van der Waals surface area (Å²) in [5.74, 6) is -1.46. The van der Waals surface area contributed by atoms with Gasteiger partial charge in [-0.05, 0) is 61.1 Å². The number of sulfonamides is 1. The largest absolute Gasteiger partial charge is 0.490 e. The van der Waals surface area contributed by atoms with Crippen LogP contribution in [-0.4, -0.2) is 51.5 Å². The number of benzene rings is 2. The van der Waals surface area contributed by atoms with Crippen molar-refractivity contribution >= 4 is 21.7 Å². The number of hydrogen-bond donors (Lipinski definition) is 2. The van der Waals surface area contributed by atoms with Gasteiger partial charge in [-0.15, -0.1) is 0 Å². The van der Waals surface area contributed by atoms with Gasteiger partial charge in [0.25, 0.3) is 10.0 Å². The number of carbonyl (C=O) groups is 1. The van der Waals surface area contributed by atoms with E-state index < -0.39 is 22.2 Å². The van der Waals surface area contributed by atoms with Crippen molar-refractivity contribution in [2.45, 2.75) is 69.7 Å². The van der Waals surface area contributed by atoms with Crippen LogP contribution < -0.4 is 14.8 Å². The Hall–Kier alpha value is -2.83. The SMILES string of the molecule is CCc1ccc(N(CC(C)C)S(=O)(=O)c2ccc3c(c2)C(N)CC(C2CCOCC2)O3)cc1.O=C(O)C(F)(F)F.